The van der Waals surface area contributed by atoms with Gasteiger partial charge in [-0.25, -0.2) is 0 Å². The molecule has 4 aromatic heterocycles. The van der Waals surface area contributed by atoms with Crippen LogP contribution >= 0.6 is 0 Å². The van der Waals surface area contributed by atoms with E-state index in [-0.39, 0.29) is 21.7 Å². The smallest absolute Gasteiger partial charge is 0.132 e. The van der Waals surface area contributed by atoms with Gasteiger partial charge in [-0.1, -0.05) is 107 Å². The van der Waals surface area contributed by atoms with Crippen LogP contribution in [0.15, 0.2) is 84.2 Å². The summed E-state index contributed by atoms with van der Waals surface area (Å²) >= 11 is 0. The molecule has 6 aliphatic carbocycles. The van der Waals surface area contributed by atoms with Crippen LogP contribution < -0.4 is 0 Å². The molecule has 4 spiro atoms. The predicted molar refractivity (Wildman–Crippen MR) is 229 cm³/mol. The molecule has 8 bridgehead atoms. The molecule has 0 amide bonds. The summed E-state index contributed by atoms with van der Waals surface area (Å²) in [6.07, 6.45) is 41.7. The van der Waals surface area contributed by atoms with Crippen LogP contribution in [0.1, 0.15) is 201 Å². The first-order valence-corrected chi connectivity index (χ1v) is 23.2. The Bertz CT molecular complexity index is 1810. The van der Waals surface area contributed by atoms with Crippen LogP contribution in [-0.2, 0) is 26.5 Å². The van der Waals surface area contributed by atoms with Gasteiger partial charge < -0.3 is 19.9 Å². The normalized spacial score (nSPS) is 24.5. The quantitative estimate of drug-likeness (QED) is 0.142. The summed E-state index contributed by atoms with van der Waals surface area (Å²) in [5.74, 6) is 0.464. The Labute approximate surface area is 336 Å². The monoisotopic (exact) mass is 753 g/mol. The number of hydrogen-bond acceptors (Lipinski definition) is 1. The van der Waals surface area contributed by atoms with Gasteiger partial charge in [-0.2, -0.15) is 0 Å². The largest absolute Gasteiger partial charge is 0.368 e. The van der Waals surface area contributed by atoms with Crippen LogP contribution in [0.3, 0.4) is 0 Å². The summed E-state index contributed by atoms with van der Waals surface area (Å²) in [5, 5.41) is 0. The summed E-state index contributed by atoms with van der Waals surface area (Å²) < 4.78 is 0. The molecule has 11 rings (SSSR count). The third-order valence-electron chi connectivity index (χ3n) is 16.0. The number of ketones is 1. The van der Waals surface area contributed by atoms with E-state index in [4.69, 9.17) is 0 Å². The summed E-state index contributed by atoms with van der Waals surface area (Å²) in [4.78, 5) is 26.0. The molecule has 5 heteroatoms. The third kappa shape index (κ3) is 6.87. The van der Waals surface area contributed by atoms with Crippen molar-refractivity contribution in [2.75, 3.05) is 0 Å². The van der Waals surface area contributed by atoms with Crippen LogP contribution in [0, 0.1) is 0 Å². The summed E-state index contributed by atoms with van der Waals surface area (Å²) in [5.41, 5.74) is 12.8. The molecule has 5 saturated carbocycles. The van der Waals surface area contributed by atoms with Gasteiger partial charge in [-0.3, -0.25) is 4.79 Å². The van der Waals surface area contributed by atoms with Gasteiger partial charge in [0.1, 0.15) is 5.78 Å². The maximum atomic E-state index is 10.5. The van der Waals surface area contributed by atoms with Crippen LogP contribution in [0.4, 0.5) is 0 Å². The second-order valence-corrected chi connectivity index (χ2v) is 19.0. The number of rotatable bonds is 0. The highest BCUT2D eigenvalue weighted by molar-refractivity contribution is 5.78. The van der Waals surface area contributed by atoms with Crippen molar-refractivity contribution in [2.24, 2.45) is 0 Å². The minimum absolute atomic E-state index is 0.0675. The Balaban J connectivity index is 0.000000293. The number of aromatic amines is 4. The summed E-state index contributed by atoms with van der Waals surface area (Å²) in [6, 6.07) is 19.0. The SMILES string of the molecule is C1=C2CC(=C1)C1(CCCCC1)c1ccc([nH]1)C1(CCCCC1)c1ccc([nH]1)C1(CCCCC1)c1ccc([nH]1)C21CCCCC1.O=C1CCCCC1.c1cc[nH]c1. The lowest BCUT2D eigenvalue weighted by molar-refractivity contribution is -0.120. The minimum atomic E-state index is 0.0675. The molecule has 1 aliphatic heterocycles. The molecule has 5 fully saturated rings. The van der Waals surface area contributed by atoms with Crippen molar-refractivity contribution >= 4 is 5.78 Å². The Morgan fingerprint density at radius 1 is 0.375 bits per heavy atom. The zero-order chi connectivity index (χ0) is 37.9. The van der Waals surface area contributed by atoms with Crippen LogP contribution in [0.25, 0.3) is 0 Å². The zero-order valence-electron chi connectivity index (χ0n) is 34.2. The maximum Gasteiger partial charge on any atom is 0.132 e. The van der Waals surface area contributed by atoms with Crippen molar-refractivity contribution in [2.45, 2.75) is 189 Å². The average Bonchev–Trinajstić information content (AvgIpc) is 4.12. The molecular weight excluding hydrogens is 685 g/mol. The number of H-pyrrole nitrogens is 4. The van der Waals surface area contributed by atoms with Crippen LogP contribution in [-0.4, -0.2) is 25.7 Å². The lowest BCUT2D eigenvalue weighted by Crippen LogP contribution is -2.36. The van der Waals surface area contributed by atoms with E-state index in [0.29, 0.717) is 5.78 Å². The number of Topliss-reactive ketones (excluding diaryl/α,β-unsaturated/α-hetero) is 1. The maximum absolute atomic E-state index is 10.5. The molecule has 298 valence electrons. The fourth-order valence-electron chi connectivity index (χ4n) is 12.8. The van der Waals surface area contributed by atoms with E-state index in [2.05, 4.69) is 68.5 Å². The number of carbonyl (C=O) groups excluding carboxylic acids is 1. The molecular formula is C51H68N4O. The van der Waals surface area contributed by atoms with Crippen molar-refractivity contribution < 1.29 is 4.79 Å². The Hall–Kier alpha value is -3.73. The van der Waals surface area contributed by atoms with Gasteiger partial charge in [0.05, 0.1) is 10.8 Å². The van der Waals surface area contributed by atoms with Gasteiger partial charge in [-0.05, 0) is 119 Å². The van der Waals surface area contributed by atoms with E-state index in [0.717, 1.165) is 32.1 Å². The van der Waals surface area contributed by atoms with E-state index >= 15 is 0 Å². The standard InChI is InChI=1S/C41H53N3.C6H10O.C4H5N/c1-5-21-38(22-6-1)30-13-14-31(29-30)39(23-7-2-8-24-39)33-16-18-35(43-33)41(27-11-4-12-28-41)37-20-19-36(44-37)40(25-9-3-10-26-40)34-17-15-32(38)42-34;7-6-4-2-1-3-5-6;1-2-4-5-3-1/h13-20,42-44H,1-12,21-29H2;1-5H2;1-5H. The lowest BCUT2D eigenvalue weighted by Gasteiger charge is -2.43. The number of aromatic nitrogens is 4. The molecule has 56 heavy (non-hydrogen) atoms. The van der Waals surface area contributed by atoms with Crippen LogP contribution in [0.5, 0.6) is 0 Å². The van der Waals surface area contributed by atoms with Gasteiger partial charge in [0, 0.05) is 70.2 Å². The molecule has 4 aromatic rings. The highest BCUT2D eigenvalue weighted by Crippen LogP contribution is 2.56. The van der Waals surface area contributed by atoms with Gasteiger partial charge >= 0.3 is 0 Å². The van der Waals surface area contributed by atoms with E-state index in [1.54, 1.807) is 11.1 Å². The first-order chi connectivity index (χ1) is 27.6. The van der Waals surface area contributed by atoms with Gasteiger partial charge in [0.25, 0.3) is 0 Å². The molecule has 0 radical (unpaired) electrons. The van der Waals surface area contributed by atoms with Gasteiger partial charge in [-0.15, -0.1) is 0 Å². The average molecular weight is 753 g/mol. The predicted octanol–water partition coefficient (Wildman–Crippen LogP) is 13.4. The Kier molecular flexibility index (Phi) is 11.0. The number of allylic oxidation sites excluding steroid dienone is 4. The number of carbonyl (C=O) groups is 1. The Morgan fingerprint density at radius 2 is 0.679 bits per heavy atom. The molecule has 0 atom stereocenters. The van der Waals surface area contributed by atoms with Crippen molar-refractivity contribution in [3.8, 4) is 0 Å². The fraction of sp³-hybridized carbons (Fsp3) is 0.588. The van der Waals surface area contributed by atoms with E-state index in [1.165, 1.54) is 169 Å². The summed E-state index contributed by atoms with van der Waals surface area (Å²) in [7, 11) is 0. The van der Waals surface area contributed by atoms with Crippen molar-refractivity contribution in [3.63, 3.8) is 0 Å². The molecule has 0 unspecified atom stereocenters. The molecule has 7 aliphatic rings. The zero-order valence-corrected chi connectivity index (χ0v) is 34.2. The fourth-order valence-corrected chi connectivity index (χ4v) is 12.8. The number of nitrogens with one attached hydrogen (secondary N) is 4. The van der Waals surface area contributed by atoms with Crippen molar-refractivity contribution in [1.82, 2.24) is 19.9 Å². The second-order valence-electron chi connectivity index (χ2n) is 19.0. The number of hydrogen-bond donors (Lipinski definition) is 4. The first-order valence-electron chi connectivity index (χ1n) is 23.2. The minimum Gasteiger partial charge on any atom is -0.368 e. The van der Waals surface area contributed by atoms with Crippen molar-refractivity contribution in [1.29, 1.82) is 0 Å². The molecule has 0 aromatic carbocycles. The van der Waals surface area contributed by atoms with Crippen molar-refractivity contribution in [3.05, 3.63) is 118 Å². The highest BCUT2D eigenvalue weighted by atomic mass is 16.1. The van der Waals surface area contributed by atoms with Gasteiger partial charge in [0.15, 0.2) is 0 Å². The van der Waals surface area contributed by atoms with Gasteiger partial charge in [0.2, 0.25) is 0 Å². The lowest BCUT2D eigenvalue weighted by atomic mass is 9.63. The highest BCUT2D eigenvalue weighted by Gasteiger charge is 2.48. The first kappa shape index (κ1) is 37.8. The van der Waals surface area contributed by atoms with E-state index in [9.17, 15) is 4.79 Å². The van der Waals surface area contributed by atoms with Crippen LogP contribution in [0.2, 0.25) is 0 Å². The molecule has 0 saturated heterocycles. The summed E-state index contributed by atoms with van der Waals surface area (Å²) in [6.45, 7) is 0. The van der Waals surface area contributed by atoms with E-state index in [1.807, 2.05) is 24.5 Å². The molecule has 5 heterocycles. The Morgan fingerprint density at radius 3 is 0.964 bits per heavy atom. The third-order valence-corrected chi connectivity index (χ3v) is 16.0. The van der Waals surface area contributed by atoms with E-state index < -0.39 is 0 Å². The topological polar surface area (TPSA) is 80.2 Å². The second kappa shape index (κ2) is 16.3. The number of fused-ring (bicyclic) bond motifs is 16. The molecule has 5 nitrogen and oxygen atoms in total. The molecule has 4 N–H and O–H groups in total.